The van der Waals surface area contributed by atoms with Gasteiger partial charge in [-0.1, -0.05) is 12.1 Å². The van der Waals surface area contributed by atoms with Crippen molar-refractivity contribution in [2.45, 2.75) is 12.3 Å². The molecule has 1 unspecified atom stereocenters. The fourth-order valence-electron chi connectivity index (χ4n) is 2.28. The molecule has 1 atom stereocenters. The fourth-order valence-corrected chi connectivity index (χ4v) is 2.28. The van der Waals surface area contributed by atoms with Crippen molar-refractivity contribution in [1.29, 1.82) is 0 Å². The molecule has 4 heteroatoms. The normalized spacial score (nSPS) is 14.4. The molecule has 1 aliphatic heterocycles. The van der Waals surface area contributed by atoms with Crippen LogP contribution in [0.25, 0.3) is 0 Å². The molecular weight excluding hydrogens is 240 g/mol. The van der Waals surface area contributed by atoms with Crippen molar-refractivity contribution in [2.24, 2.45) is 5.73 Å². The maximum absolute atomic E-state index is 5.87. The van der Waals surface area contributed by atoms with Crippen LogP contribution in [-0.4, -0.2) is 18.3 Å². The molecule has 19 heavy (non-hydrogen) atoms. The van der Waals surface area contributed by atoms with Crippen LogP contribution in [0.4, 0.5) is 0 Å². The van der Waals surface area contributed by atoms with E-state index < -0.39 is 0 Å². The lowest BCUT2D eigenvalue weighted by Crippen LogP contribution is -2.16. The Labute approximate surface area is 112 Å². The number of ether oxygens (including phenoxy) is 2. The summed E-state index contributed by atoms with van der Waals surface area (Å²) in [4.78, 5) is 4.38. The van der Waals surface area contributed by atoms with E-state index in [0.29, 0.717) is 13.3 Å². The summed E-state index contributed by atoms with van der Waals surface area (Å²) < 4.78 is 10.7. The third-order valence-electron chi connectivity index (χ3n) is 3.31. The van der Waals surface area contributed by atoms with Gasteiger partial charge in [0.2, 0.25) is 6.79 Å². The quantitative estimate of drug-likeness (QED) is 0.910. The van der Waals surface area contributed by atoms with Crippen LogP contribution in [0.2, 0.25) is 0 Å². The molecule has 4 nitrogen and oxygen atoms in total. The highest BCUT2D eigenvalue weighted by molar-refractivity contribution is 5.44. The summed E-state index contributed by atoms with van der Waals surface area (Å²) in [6.07, 6.45) is 2.65. The fraction of sp³-hybridized carbons (Fsp3) is 0.267. The topological polar surface area (TPSA) is 57.4 Å². The highest BCUT2D eigenvalue weighted by Crippen LogP contribution is 2.33. The van der Waals surface area contributed by atoms with Gasteiger partial charge in [-0.25, -0.2) is 0 Å². The standard InChI is InChI=1S/C15H16N2O2/c16-9-12(13-3-1-2-6-17-13)7-11-4-5-14-15(8-11)19-10-18-14/h1-6,8,12H,7,9-10,16H2. The molecule has 0 bridgehead atoms. The largest absolute Gasteiger partial charge is 0.454 e. The Morgan fingerprint density at radius 1 is 1.16 bits per heavy atom. The van der Waals surface area contributed by atoms with E-state index in [1.807, 2.05) is 30.3 Å². The first kappa shape index (κ1) is 12.0. The predicted octanol–water partition coefficient (Wildman–Crippen LogP) is 2.10. The number of fused-ring (bicyclic) bond motifs is 1. The molecule has 0 saturated heterocycles. The number of hydrogen-bond donors (Lipinski definition) is 1. The molecule has 0 fully saturated rings. The summed E-state index contributed by atoms with van der Waals surface area (Å²) in [5.74, 6) is 1.85. The molecule has 2 aromatic rings. The number of nitrogens with zero attached hydrogens (tertiary/aromatic N) is 1. The van der Waals surface area contributed by atoms with Gasteiger partial charge in [-0.05, 0) is 36.2 Å². The molecule has 2 heterocycles. The van der Waals surface area contributed by atoms with Gasteiger partial charge in [0, 0.05) is 24.4 Å². The summed E-state index contributed by atoms with van der Waals surface area (Å²) in [6, 6.07) is 11.9. The highest BCUT2D eigenvalue weighted by Gasteiger charge is 2.16. The first-order chi connectivity index (χ1) is 9.36. The Morgan fingerprint density at radius 2 is 2.05 bits per heavy atom. The van der Waals surface area contributed by atoms with Gasteiger partial charge in [0.15, 0.2) is 11.5 Å². The number of rotatable bonds is 4. The smallest absolute Gasteiger partial charge is 0.231 e. The summed E-state index contributed by atoms with van der Waals surface area (Å²) in [5.41, 5.74) is 8.09. The van der Waals surface area contributed by atoms with Crippen LogP contribution in [0.5, 0.6) is 11.5 Å². The number of hydrogen-bond acceptors (Lipinski definition) is 4. The first-order valence-corrected chi connectivity index (χ1v) is 6.36. The minimum absolute atomic E-state index is 0.224. The van der Waals surface area contributed by atoms with Crippen LogP contribution in [0.3, 0.4) is 0 Å². The Kier molecular flexibility index (Phi) is 3.33. The average Bonchev–Trinajstić information content (AvgIpc) is 2.93. The van der Waals surface area contributed by atoms with E-state index in [2.05, 4.69) is 11.1 Å². The molecule has 0 spiro atoms. The van der Waals surface area contributed by atoms with Crippen LogP contribution in [0.15, 0.2) is 42.6 Å². The Balaban J connectivity index is 1.80. The van der Waals surface area contributed by atoms with Crippen molar-refractivity contribution in [3.63, 3.8) is 0 Å². The lowest BCUT2D eigenvalue weighted by molar-refractivity contribution is 0.174. The van der Waals surface area contributed by atoms with Crippen molar-refractivity contribution in [3.05, 3.63) is 53.9 Å². The van der Waals surface area contributed by atoms with Crippen LogP contribution in [0, 0.1) is 0 Å². The lowest BCUT2D eigenvalue weighted by Gasteiger charge is -2.14. The summed E-state index contributed by atoms with van der Waals surface area (Å²) >= 11 is 0. The number of benzene rings is 1. The second-order valence-corrected chi connectivity index (χ2v) is 4.58. The zero-order valence-electron chi connectivity index (χ0n) is 10.6. The Morgan fingerprint density at radius 3 is 2.84 bits per heavy atom. The highest BCUT2D eigenvalue weighted by atomic mass is 16.7. The van der Waals surface area contributed by atoms with Crippen molar-refractivity contribution < 1.29 is 9.47 Å². The molecule has 0 radical (unpaired) electrons. The number of pyridine rings is 1. The van der Waals surface area contributed by atoms with Gasteiger partial charge < -0.3 is 15.2 Å². The van der Waals surface area contributed by atoms with E-state index in [-0.39, 0.29) is 5.92 Å². The van der Waals surface area contributed by atoms with Crippen LogP contribution in [0.1, 0.15) is 17.2 Å². The summed E-state index contributed by atoms with van der Waals surface area (Å²) in [6.45, 7) is 0.880. The van der Waals surface area contributed by atoms with Crippen molar-refractivity contribution in [2.75, 3.05) is 13.3 Å². The zero-order chi connectivity index (χ0) is 13.1. The van der Waals surface area contributed by atoms with Crippen molar-refractivity contribution in [1.82, 2.24) is 4.98 Å². The molecule has 3 rings (SSSR count). The summed E-state index contributed by atoms with van der Waals surface area (Å²) in [5, 5.41) is 0. The number of aromatic nitrogens is 1. The van der Waals surface area contributed by atoms with E-state index in [1.54, 1.807) is 6.20 Å². The second-order valence-electron chi connectivity index (χ2n) is 4.58. The van der Waals surface area contributed by atoms with Crippen molar-refractivity contribution in [3.8, 4) is 11.5 Å². The minimum Gasteiger partial charge on any atom is -0.454 e. The van der Waals surface area contributed by atoms with E-state index in [9.17, 15) is 0 Å². The molecule has 0 aliphatic carbocycles. The Hall–Kier alpha value is -2.07. The zero-order valence-corrected chi connectivity index (χ0v) is 10.6. The van der Waals surface area contributed by atoms with Gasteiger partial charge >= 0.3 is 0 Å². The van der Waals surface area contributed by atoms with Gasteiger partial charge in [0.05, 0.1) is 0 Å². The van der Waals surface area contributed by atoms with E-state index in [1.165, 1.54) is 5.56 Å². The third kappa shape index (κ3) is 2.53. The van der Waals surface area contributed by atoms with Crippen LogP contribution in [-0.2, 0) is 6.42 Å². The molecular formula is C15H16N2O2. The molecule has 0 amide bonds. The van der Waals surface area contributed by atoms with Crippen LogP contribution >= 0.6 is 0 Å². The SMILES string of the molecule is NCC(Cc1ccc2c(c1)OCO2)c1ccccn1. The van der Waals surface area contributed by atoms with E-state index in [0.717, 1.165) is 23.6 Å². The maximum Gasteiger partial charge on any atom is 0.231 e. The molecule has 0 saturated carbocycles. The van der Waals surface area contributed by atoms with Gasteiger partial charge in [-0.15, -0.1) is 0 Å². The van der Waals surface area contributed by atoms with Crippen molar-refractivity contribution >= 4 is 0 Å². The van der Waals surface area contributed by atoms with E-state index in [4.69, 9.17) is 15.2 Å². The number of nitrogens with two attached hydrogens (primary N) is 1. The third-order valence-corrected chi connectivity index (χ3v) is 3.31. The Bertz CT molecular complexity index is 557. The van der Waals surface area contributed by atoms with Gasteiger partial charge in [0.1, 0.15) is 0 Å². The minimum atomic E-state index is 0.224. The molecule has 2 N–H and O–H groups in total. The molecule has 1 aromatic heterocycles. The van der Waals surface area contributed by atoms with Gasteiger partial charge in [-0.3, -0.25) is 4.98 Å². The lowest BCUT2D eigenvalue weighted by atomic mass is 9.95. The van der Waals surface area contributed by atoms with E-state index >= 15 is 0 Å². The first-order valence-electron chi connectivity index (χ1n) is 6.36. The summed E-state index contributed by atoms with van der Waals surface area (Å²) in [7, 11) is 0. The molecule has 1 aromatic carbocycles. The molecule has 1 aliphatic rings. The second kappa shape index (κ2) is 5.28. The maximum atomic E-state index is 5.87. The van der Waals surface area contributed by atoms with Gasteiger partial charge in [-0.2, -0.15) is 0 Å². The predicted molar refractivity (Wildman–Crippen MR) is 72.3 cm³/mol. The van der Waals surface area contributed by atoms with Gasteiger partial charge in [0.25, 0.3) is 0 Å². The monoisotopic (exact) mass is 256 g/mol. The van der Waals surface area contributed by atoms with Crippen LogP contribution < -0.4 is 15.2 Å². The average molecular weight is 256 g/mol. The molecule has 98 valence electrons.